The van der Waals surface area contributed by atoms with Gasteiger partial charge >= 0.3 is 0 Å². The fourth-order valence-corrected chi connectivity index (χ4v) is 2.15. The van der Waals surface area contributed by atoms with Gasteiger partial charge in [-0.3, -0.25) is 4.98 Å². The Morgan fingerprint density at radius 3 is 3.27 bits per heavy atom. The van der Waals surface area contributed by atoms with Gasteiger partial charge in [0, 0.05) is 25.5 Å². The van der Waals surface area contributed by atoms with Crippen LogP contribution in [0.15, 0.2) is 22.9 Å². The molecule has 15 heavy (non-hydrogen) atoms. The van der Waals surface area contributed by atoms with Crippen molar-refractivity contribution >= 4 is 21.6 Å². The standard InChI is InChI=1S/C11H15BrN2O/c12-10-8-13-5-4-11(10)14-6-3-9-2-1-7-15-9/h4-5,8-9H,1-3,6-7H2,(H,13,14). The summed E-state index contributed by atoms with van der Waals surface area (Å²) in [6.07, 6.45) is 7.55. The molecule has 1 saturated heterocycles. The third kappa shape index (κ3) is 3.18. The molecule has 0 aromatic carbocycles. The predicted octanol–water partition coefficient (Wildman–Crippen LogP) is 2.83. The first-order valence-electron chi connectivity index (χ1n) is 5.31. The zero-order chi connectivity index (χ0) is 10.5. The normalized spacial score (nSPS) is 20.5. The molecule has 0 bridgehead atoms. The number of ether oxygens (including phenoxy) is 1. The molecule has 1 aliphatic heterocycles. The SMILES string of the molecule is Brc1cnccc1NCCC1CCCO1. The van der Waals surface area contributed by atoms with Crippen LogP contribution in [0.25, 0.3) is 0 Å². The van der Waals surface area contributed by atoms with Crippen molar-refractivity contribution in [3.8, 4) is 0 Å². The Kier molecular flexibility index (Phi) is 3.97. The lowest BCUT2D eigenvalue weighted by molar-refractivity contribution is 0.107. The molecule has 1 fully saturated rings. The molecule has 1 aliphatic rings. The minimum absolute atomic E-state index is 0.457. The van der Waals surface area contributed by atoms with Crippen LogP contribution in [0.2, 0.25) is 0 Å². The molecular formula is C11H15BrN2O. The number of anilines is 1. The van der Waals surface area contributed by atoms with Crippen molar-refractivity contribution in [2.24, 2.45) is 0 Å². The van der Waals surface area contributed by atoms with Crippen molar-refractivity contribution in [3.05, 3.63) is 22.9 Å². The highest BCUT2D eigenvalue weighted by Crippen LogP contribution is 2.21. The molecule has 1 unspecified atom stereocenters. The van der Waals surface area contributed by atoms with E-state index in [-0.39, 0.29) is 0 Å². The van der Waals surface area contributed by atoms with E-state index in [0.29, 0.717) is 6.10 Å². The largest absolute Gasteiger partial charge is 0.384 e. The molecule has 1 aromatic heterocycles. The van der Waals surface area contributed by atoms with E-state index in [1.54, 1.807) is 12.4 Å². The predicted molar refractivity (Wildman–Crippen MR) is 64.0 cm³/mol. The maximum Gasteiger partial charge on any atom is 0.0592 e. The van der Waals surface area contributed by atoms with Gasteiger partial charge in [0.1, 0.15) is 0 Å². The number of pyridine rings is 1. The third-order valence-electron chi connectivity index (χ3n) is 2.58. The monoisotopic (exact) mass is 270 g/mol. The highest BCUT2D eigenvalue weighted by Gasteiger charge is 2.14. The van der Waals surface area contributed by atoms with Gasteiger partial charge < -0.3 is 10.1 Å². The van der Waals surface area contributed by atoms with E-state index in [0.717, 1.165) is 29.7 Å². The number of rotatable bonds is 4. The van der Waals surface area contributed by atoms with Crippen molar-refractivity contribution in [2.75, 3.05) is 18.5 Å². The van der Waals surface area contributed by atoms with Crippen LogP contribution in [0, 0.1) is 0 Å². The number of nitrogens with one attached hydrogen (secondary N) is 1. The summed E-state index contributed by atoms with van der Waals surface area (Å²) in [6, 6.07) is 1.97. The Morgan fingerprint density at radius 2 is 2.53 bits per heavy atom. The van der Waals surface area contributed by atoms with E-state index in [1.165, 1.54) is 12.8 Å². The maximum atomic E-state index is 5.56. The van der Waals surface area contributed by atoms with Gasteiger partial charge in [0.05, 0.1) is 16.3 Å². The average Bonchev–Trinajstić information content (AvgIpc) is 2.74. The van der Waals surface area contributed by atoms with E-state index in [9.17, 15) is 0 Å². The second-order valence-corrected chi connectivity index (χ2v) is 4.56. The quantitative estimate of drug-likeness (QED) is 0.914. The van der Waals surface area contributed by atoms with Gasteiger partial charge in [-0.15, -0.1) is 0 Å². The van der Waals surface area contributed by atoms with E-state index in [1.807, 2.05) is 6.07 Å². The molecule has 1 N–H and O–H groups in total. The van der Waals surface area contributed by atoms with Crippen LogP contribution in [0.1, 0.15) is 19.3 Å². The first-order chi connectivity index (χ1) is 7.36. The van der Waals surface area contributed by atoms with Crippen LogP contribution >= 0.6 is 15.9 Å². The average molecular weight is 271 g/mol. The van der Waals surface area contributed by atoms with Gasteiger partial charge in [-0.1, -0.05) is 0 Å². The van der Waals surface area contributed by atoms with Gasteiger partial charge in [0.25, 0.3) is 0 Å². The third-order valence-corrected chi connectivity index (χ3v) is 3.21. The fraction of sp³-hybridized carbons (Fsp3) is 0.545. The lowest BCUT2D eigenvalue weighted by Crippen LogP contribution is -2.12. The van der Waals surface area contributed by atoms with Gasteiger partial charge in [-0.05, 0) is 41.3 Å². The molecule has 3 nitrogen and oxygen atoms in total. The molecule has 0 amide bonds. The van der Waals surface area contributed by atoms with Crippen LogP contribution in [-0.4, -0.2) is 24.2 Å². The molecule has 0 spiro atoms. The van der Waals surface area contributed by atoms with E-state index in [2.05, 4.69) is 26.2 Å². The van der Waals surface area contributed by atoms with Crippen molar-refractivity contribution in [3.63, 3.8) is 0 Å². The van der Waals surface area contributed by atoms with Crippen LogP contribution < -0.4 is 5.32 Å². The summed E-state index contributed by atoms with van der Waals surface area (Å²) in [5.74, 6) is 0. The molecule has 1 atom stereocenters. The van der Waals surface area contributed by atoms with E-state index >= 15 is 0 Å². The van der Waals surface area contributed by atoms with Crippen LogP contribution in [-0.2, 0) is 4.74 Å². The Hall–Kier alpha value is -0.610. The molecule has 0 saturated carbocycles. The minimum Gasteiger partial charge on any atom is -0.384 e. The summed E-state index contributed by atoms with van der Waals surface area (Å²) >= 11 is 3.45. The Labute approximate surface area is 98.4 Å². The van der Waals surface area contributed by atoms with Crippen molar-refractivity contribution in [2.45, 2.75) is 25.4 Å². The Morgan fingerprint density at radius 1 is 1.60 bits per heavy atom. The summed E-state index contributed by atoms with van der Waals surface area (Å²) in [5, 5.41) is 3.37. The van der Waals surface area contributed by atoms with Gasteiger partial charge in [0.2, 0.25) is 0 Å². The van der Waals surface area contributed by atoms with E-state index < -0.39 is 0 Å². The van der Waals surface area contributed by atoms with Crippen molar-refractivity contribution < 1.29 is 4.74 Å². The zero-order valence-corrected chi connectivity index (χ0v) is 10.2. The van der Waals surface area contributed by atoms with E-state index in [4.69, 9.17) is 4.74 Å². The Bertz CT molecular complexity index is 313. The van der Waals surface area contributed by atoms with Crippen LogP contribution in [0.3, 0.4) is 0 Å². The number of hydrogen-bond donors (Lipinski definition) is 1. The number of nitrogens with zero attached hydrogens (tertiary/aromatic N) is 1. The second-order valence-electron chi connectivity index (χ2n) is 3.71. The van der Waals surface area contributed by atoms with Crippen LogP contribution in [0.4, 0.5) is 5.69 Å². The van der Waals surface area contributed by atoms with Crippen molar-refractivity contribution in [1.82, 2.24) is 4.98 Å². The van der Waals surface area contributed by atoms with Gasteiger partial charge in [-0.25, -0.2) is 0 Å². The molecule has 2 heterocycles. The molecule has 4 heteroatoms. The van der Waals surface area contributed by atoms with Gasteiger partial charge in [-0.2, -0.15) is 0 Å². The van der Waals surface area contributed by atoms with Crippen molar-refractivity contribution in [1.29, 1.82) is 0 Å². The number of aromatic nitrogens is 1. The molecule has 1 aromatic rings. The zero-order valence-electron chi connectivity index (χ0n) is 8.58. The summed E-state index contributed by atoms with van der Waals surface area (Å²) in [4.78, 5) is 4.02. The highest BCUT2D eigenvalue weighted by molar-refractivity contribution is 9.10. The molecule has 2 rings (SSSR count). The number of halogens is 1. The lowest BCUT2D eigenvalue weighted by atomic mass is 10.2. The summed E-state index contributed by atoms with van der Waals surface area (Å²) in [5.41, 5.74) is 1.10. The molecule has 82 valence electrons. The minimum atomic E-state index is 0.457. The maximum absolute atomic E-state index is 5.56. The first kappa shape index (κ1) is 10.9. The summed E-state index contributed by atoms with van der Waals surface area (Å²) in [6.45, 7) is 1.89. The Balaban J connectivity index is 1.75. The molecule has 0 radical (unpaired) electrons. The summed E-state index contributed by atoms with van der Waals surface area (Å²) in [7, 11) is 0. The lowest BCUT2D eigenvalue weighted by Gasteiger charge is -2.11. The first-order valence-corrected chi connectivity index (χ1v) is 6.10. The highest BCUT2D eigenvalue weighted by atomic mass is 79.9. The molecule has 0 aliphatic carbocycles. The molecular weight excluding hydrogens is 256 g/mol. The second kappa shape index (κ2) is 5.47. The smallest absolute Gasteiger partial charge is 0.0592 e. The summed E-state index contributed by atoms with van der Waals surface area (Å²) < 4.78 is 6.57. The fourth-order valence-electron chi connectivity index (χ4n) is 1.76. The van der Waals surface area contributed by atoms with Crippen LogP contribution in [0.5, 0.6) is 0 Å². The van der Waals surface area contributed by atoms with Gasteiger partial charge in [0.15, 0.2) is 0 Å². The topological polar surface area (TPSA) is 34.2 Å². The number of hydrogen-bond acceptors (Lipinski definition) is 3.